The summed E-state index contributed by atoms with van der Waals surface area (Å²) in [6, 6.07) is 14.5. The first kappa shape index (κ1) is 23.9. The molecule has 2 aromatic carbocycles. The number of nitrogens with zero attached hydrogens (tertiary/aromatic N) is 2. The Hall–Kier alpha value is -2.83. The van der Waals surface area contributed by atoms with Gasteiger partial charge in [0.1, 0.15) is 5.82 Å². The molecule has 0 radical (unpaired) electrons. The zero-order valence-electron chi connectivity index (χ0n) is 21.1. The molecule has 35 heavy (non-hydrogen) atoms. The predicted octanol–water partition coefficient (Wildman–Crippen LogP) is 5.08. The molecule has 3 aliphatic carbocycles. The van der Waals surface area contributed by atoms with Crippen LogP contribution >= 0.6 is 0 Å². The molecule has 0 spiro atoms. The van der Waals surface area contributed by atoms with Crippen molar-refractivity contribution in [3.63, 3.8) is 0 Å². The summed E-state index contributed by atoms with van der Waals surface area (Å²) in [5, 5.41) is 11.5. The highest BCUT2D eigenvalue weighted by Crippen LogP contribution is 2.51. The Kier molecular flexibility index (Phi) is 6.85. The summed E-state index contributed by atoms with van der Waals surface area (Å²) in [7, 11) is 5.44. The lowest BCUT2D eigenvalue weighted by atomic mass is 9.61. The van der Waals surface area contributed by atoms with E-state index in [-0.39, 0.29) is 5.92 Å². The molecule has 186 valence electrons. The van der Waals surface area contributed by atoms with Gasteiger partial charge in [-0.2, -0.15) is 0 Å². The number of hydrogen-bond acceptors (Lipinski definition) is 5. The van der Waals surface area contributed by atoms with Gasteiger partial charge in [-0.3, -0.25) is 0 Å². The zero-order valence-corrected chi connectivity index (χ0v) is 21.1. The van der Waals surface area contributed by atoms with Crippen molar-refractivity contribution >= 4 is 16.6 Å². The smallest absolute Gasteiger partial charge is 0.163 e. The summed E-state index contributed by atoms with van der Waals surface area (Å²) in [4.78, 5) is 10.5. The second-order valence-corrected chi connectivity index (χ2v) is 10.2. The van der Waals surface area contributed by atoms with Crippen LogP contribution in [-0.4, -0.2) is 59.9 Å². The van der Waals surface area contributed by atoms with Gasteiger partial charge in [0.05, 0.1) is 30.9 Å². The lowest BCUT2D eigenvalue weighted by molar-refractivity contribution is -0.0574. The Balaban J connectivity index is 1.13. The summed E-state index contributed by atoms with van der Waals surface area (Å²) in [5.74, 6) is 3.11. The fourth-order valence-corrected chi connectivity index (χ4v) is 5.96. The van der Waals surface area contributed by atoms with Crippen molar-refractivity contribution in [3.8, 4) is 11.5 Å². The molecule has 3 aromatic rings. The van der Waals surface area contributed by atoms with Crippen molar-refractivity contribution in [3.05, 3.63) is 59.9 Å². The number of methoxy groups -OCH3 is 2. The summed E-state index contributed by atoms with van der Waals surface area (Å²) < 4.78 is 10.8. The number of rotatable bonds is 10. The van der Waals surface area contributed by atoms with Gasteiger partial charge in [0.25, 0.3) is 0 Å². The largest absolute Gasteiger partial charge is 0.493 e. The second kappa shape index (κ2) is 10.0. The number of nitrogens with one attached hydrogen (secondary N) is 1. The average Bonchev–Trinajstić information content (AvgIpc) is 3.29. The number of aryl methyl sites for hydroxylation is 1. The van der Waals surface area contributed by atoms with Crippen LogP contribution in [0.1, 0.15) is 43.5 Å². The monoisotopic (exact) mass is 475 g/mol. The van der Waals surface area contributed by atoms with E-state index in [0.717, 1.165) is 62.1 Å². The van der Waals surface area contributed by atoms with E-state index in [4.69, 9.17) is 14.5 Å². The van der Waals surface area contributed by atoms with Crippen LogP contribution < -0.4 is 9.47 Å². The van der Waals surface area contributed by atoms with E-state index >= 15 is 0 Å². The highest BCUT2D eigenvalue weighted by molar-refractivity contribution is 5.79. The number of ether oxygens (including phenoxy) is 2. The molecule has 0 aliphatic heterocycles. The summed E-state index contributed by atoms with van der Waals surface area (Å²) in [6.07, 6.45) is 8.26. The fourth-order valence-electron chi connectivity index (χ4n) is 5.96. The van der Waals surface area contributed by atoms with Crippen molar-refractivity contribution in [2.24, 2.45) is 11.8 Å². The van der Waals surface area contributed by atoms with E-state index in [1.165, 1.54) is 17.6 Å². The SMILES string of the molecule is COc1cc2nc(CCCN(C)CC[C@@]3(O)C[C@@H]4CC[C@H]3C=C4c3ccccc3)[nH]c2cc1OC. The summed E-state index contributed by atoms with van der Waals surface area (Å²) >= 11 is 0. The quantitative estimate of drug-likeness (QED) is 0.428. The van der Waals surface area contributed by atoms with Crippen LogP contribution in [0, 0.1) is 11.8 Å². The van der Waals surface area contributed by atoms with Gasteiger partial charge in [-0.1, -0.05) is 36.4 Å². The minimum atomic E-state index is -0.577. The normalized spacial score (nSPS) is 23.6. The molecule has 6 heteroatoms. The number of hydrogen-bond donors (Lipinski definition) is 2. The van der Waals surface area contributed by atoms with Crippen LogP contribution in [-0.2, 0) is 6.42 Å². The topological polar surface area (TPSA) is 70.6 Å². The Bertz CT molecular complexity index is 1150. The third-order valence-electron chi connectivity index (χ3n) is 7.96. The van der Waals surface area contributed by atoms with Crippen LogP contribution in [0.3, 0.4) is 0 Å². The van der Waals surface area contributed by atoms with Crippen LogP contribution in [0.4, 0.5) is 0 Å². The number of aromatic amines is 1. The van der Waals surface area contributed by atoms with E-state index in [1.54, 1.807) is 14.2 Å². The molecule has 0 unspecified atom stereocenters. The van der Waals surface area contributed by atoms with E-state index in [0.29, 0.717) is 17.4 Å². The van der Waals surface area contributed by atoms with Gasteiger partial charge in [-0.15, -0.1) is 0 Å². The standard InChI is InChI=1S/C29H37N3O3/c1-32(14-7-10-28-30-24-17-26(34-2)27(35-3)18-25(24)31-28)15-13-29(33)19-21-11-12-22(29)16-23(21)20-8-5-4-6-9-20/h4-6,8-9,16-18,21-22,33H,7,10-15,19H2,1-3H3,(H,30,31)/t21-,22-,29+/m0/s1. The van der Waals surface area contributed by atoms with Gasteiger partial charge in [0.15, 0.2) is 11.5 Å². The van der Waals surface area contributed by atoms with Gasteiger partial charge in [0, 0.05) is 31.0 Å². The molecule has 3 atom stereocenters. The number of aliphatic hydroxyl groups is 1. The molecule has 0 amide bonds. The lowest BCUT2D eigenvalue weighted by Crippen LogP contribution is -2.48. The molecule has 1 saturated carbocycles. The predicted molar refractivity (Wildman–Crippen MR) is 140 cm³/mol. The molecular formula is C29H37N3O3. The number of H-pyrrole nitrogens is 1. The summed E-state index contributed by atoms with van der Waals surface area (Å²) in [5.41, 5.74) is 4.04. The van der Waals surface area contributed by atoms with Crippen LogP contribution in [0.25, 0.3) is 16.6 Å². The van der Waals surface area contributed by atoms with Crippen molar-refractivity contribution in [1.29, 1.82) is 0 Å². The molecular weight excluding hydrogens is 438 g/mol. The molecule has 1 fully saturated rings. The van der Waals surface area contributed by atoms with E-state index in [2.05, 4.69) is 53.3 Å². The molecule has 2 bridgehead atoms. The number of fused-ring (bicyclic) bond motifs is 3. The first-order valence-corrected chi connectivity index (χ1v) is 12.8. The maximum atomic E-state index is 11.5. The maximum Gasteiger partial charge on any atom is 0.163 e. The van der Waals surface area contributed by atoms with E-state index < -0.39 is 5.60 Å². The van der Waals surface area contributed by atoms with Gasteiger partial charge in [-0.05, 0) is 62.8 Å². The van der Waals surface area contributed by atoms with Crippen molar-refractivity contribution in [2.75, 3.05) is 34.4 Å². The molecule has 1 aromatic heterocycles. The van der Waals surface area contributed by atoms with Crippen molar-refractivity contribution in [1.82, 2.24) is 14.9 Å². The fraction of sp³-hybridized carbons (Fsp3) is 0.483. The van der Waals surface area contributed by atoms with Crippen LogP contribution in [0.5, 0.6) is 11.5 Å². The van der Waals surface area contributed by atoms with Gasteiger partial charge < -0.3 is 24.5 Å². The maximum absolute atomic E-state index is 11.5. The van der Waals surface area contributed by atoms with Crippen molar-refractivity contribution < 1.29 is 14.6 Å². The minimum Gasteiger partial charge on any atom is -0.493 e. The number of imidazole rings is 1. The Morgan fingerprint density at radius 3 is 2.57 bits per heavy atom. The van der Waals surface area contributed by atoms with Gasteiger partial charge >= 0.3 is 0 Å². The minimum absolute atomic E-state index is 0.264. The van der Waals surface area contributed by atoms with E-state index in [1.807, 2.05) is 12.1 Å². The molecule has 2 N–H and O–H groups in total. The van der Waals surface area contributed by atoms with E-state index in [9.17, 15) is 5.11 Å². The molecule has 1 heterocycles. The van der Waals surface area contributed by atoms with Crippen LogP contribution in [0.15, 0.2) is 48.5 Å². The first-order chi connectivity index (χ1) is 17.0. The first-order valence-electron chi connectivity index (χ1n) is 12.8. The highest BCUT2D eigenvalue weighted by atomic mass is 16.5. The Labute approximate surface area is 208 Å². The lowest BCUT2D eigenvalue weighted by Gasteiger charge is -2.48. The van der Waals surface area contributed by atoms with Gasteiger partial charge in [-0.25, -0.2) is 4.98 Å². The zero-order chi connectivity index (χ0) is 24.4. The Morgan fingerprint density at radius 2 is 1.86 bits per heavy atom. The average molecular weight is 476 g/mol. The third-order valence-corrected chi connectivity index (χ3v) is 7.96. The third kappa shape index (κ3) is 4.95. The second-order valence-electron chi connectivity index (χ2n) is 10.2. The van der Waals surface area contributed by atoms with Gasteiger partial charge in [0.2, 0.25) is 0 Å². The number of allylic oxidation sites excluding steroid dienone is 1. The molecule has 6 nitrogen and oxygen atoms in total. The Morgan fingerprint density at radius 1 is 1.09 bits per heavy atom. The summed E-state index contributed by atoms with van der Waals surface area (Å²) in [6.45, 7) is 1.88. The van der Waals surface area contributed by atoms with Crippen LogP contribution in [0.2, 0.25) is 0 Å². The number of aromatic nitrogens is 2. The molecule has 3 aliphatic rings. The highest BCUT2D eigenvalue weighted by Gasteiger charge is 2.46. The molecule has 0 saturated heterocycles. The molecule has 6 rings (SSSR count). The van der Waals surface area contributed by atoms with Crippen molar-refractivity contribution in [2.45, 2.75) is 44.1 Å². The number of benzene rings is 2.